The minimum Gasteiger partial charge on any atom is -0.447 e. The van der Waals surface area contributed by atoms with Gasteiger partial charge in [0.2, 0.25) is 0 Å². The Morgan fingerprint density at radius 2 is 2.06 bits per heavy atom. The molecule has 1 N–H and O–H groups in total. The van der Waals surface area contributed by atoms with Gasteiger partial charge in [0, 0.05) is 12.6 Å². The molecule has 4 heteroatoms. The monoisotopic (exact) mass is 252 g/mol. The molecule has 2 unspecified atom stereocenters. The second-order valence-electron chi connectivity index (χ2n) is 6.26. The number of cyclic esters (lactones) is 1. The summed E-state index contributed by atoms with van der Waals surface area (Å²) in [6.45, 7) is 4.90. The van der Waals surface area contributed by atoms with Crippen molar-refractivity contribution in [2.45, 2.75) is 57.0 Å². The molecule has 2 atom stereocenters. The third-order valence-electron chi connectivity index (χ3n) is 5.11. The van der Waals surface area contributed by atoms with Crippen molar-refractivity contribution >= 4 is 6.09 Å². The second kappa shape index (κ2) is 4.72. The van der Waals surface area contributed by atoms with Crippen LogP contribution in [0.3, 0.4) is 0 Å². The van der Waals surface area contributed by atoms with Gasteiger partial charge in [0.25, 0.3) is 0 Å². The molecule has 2 saturated heterocycles. The SMILES string of the molecule is CC1(C2CCNC2)COC(=O)N1C1CCCCC1. The smallest absolute Gasteiger partial charge is 0.410 e. The Morgan fingerprint density at radius 3 is 2.72 bits per heavy atom. The van der Waals surface area contributed by atoms with Crippen LogP contribution >= 0.6 is 0 Å². The highest BCUT2D eigenvalue weighted by atomic mass is 16.6. The Hall–Kier alpha value is -0.770. The second-order valence-corrected chi connectivity index (χ2v) is 6.26. The first-order valence-electron chi connectivity index (χ1n) is 7.38. The van der Waals surface area contributed by atoms with Crippen molar-refractivity contribution in [3.63, 3.8) is 0 Å². The standard InChI is InChI=1S/C14H24N2O2/c1-14(11-7-8-15-9-11)10-18-13(17)16(14)12-5-3-2-4-6-12/h11-12,15H,2-10H2,1H3. The van der Waals surface area contributed by atoms with Gasteiger partial charge < -0.3 is 10.1 Å². The lowest BCUT2D eigenvalue weighted by Gasteiger charge is -2.42. The van der Waals surface area contributed by atoms with Crippen molar-refractivity contribution in [2.24, 2.45) is 5.92 Å². The molecule has 1 aliphatic carbocycles. The number of nitrogens with one attached hydrogen (secondary N) is 1. The van der Waals surface area contributed by atoms with Crippen LogP contribution in [0.4, 0.5) is 4.79 Å². The van der Waals surface area contributed by atoms with Gasteiger partial charge in [-0.3, -0.25) is 4.90 Å². The minimum atomic E-state index is -0.0808. The van der Waals surface area contributed by atoms with E-state index in [-0.39, 0.29) is 11.6 Å². The predicted octanol–water partition coefficient (Wildman–Crippen LogP) is 2.14. The van der Waals surface area contributed by atoms with Crippen molar-refractivity contribution in [3.8, 4) is 0 Å². The highest BCUT2D eigenvalue weighted by Crippen LogP contribution is 2.39. The normalized spacial score (nSPS) is 38.2. The van der Waals surface area contributed by atoms with Gasteiger partial charge in [0.05, 0.1) is 5.54 Å². The summed E-state index contributed by atoms with van der Waals surface area (Å²) in [4.78, 5) is 14.2. The summed E-state index contributed by atoms with van der Waals surface area (Å²) >= 11 is 0. The van der Waals surface area contributed by atoms with Gasteiger partial charge in [-0.25, -0.2) is 4.79 Å². The molecule has 3 aliphatic rings. The quantitative estimate of drug-likeness (QED) is 0.818. The number of rotatable bonds is 2. The first kappa shape index (κ1) is 12.3. The van der Waals surface area contributed by atoms with Crippen molar-refractivity contribution in [1.29, 1.82) is 0 Å². The zero-order chi connectivity index (χ0) is 12.6. The summed E-state index contributed by atoms with van der Waals surface area (Å²) in [6, 6.07) is 0.416. The summed E-state index contributed by atoms with van der Waals surface area (Å²) < 4.78 is 5.41. The van der Waals surface area contributed by atoms with Crippen LogP contribution in [0.5, 0.6) is 0 Å². The Kier molecular flexibility index (Phi) is 3.22. The lowest BCUT2D eigenvalue weighted by molar-refractivity contribution is 0.0704. The number of hydrogen-bond donors (Lipinski definition) is 1. The summed E-state index contributed by atoms with van der Waals surface area (Å²) in [5, 5.41) is 3.42. The fourth-order valence-corrected chi connectivity index (χ4v) is 3.96. The molecule has 3 rings (SSSR count). The van der Waals surface area contributed by atoms with Gasteiger partial charge in [-0.2, -0.15) is 0 Å². The van der Waals surface area contributed by atoms with Crippen LogP contribution in [-0.4, -0.2) is 42.3 Å². The van der Waals surface area contributed by atoms with Crippen molar-refractivity contribution in [3.05, 3.63) is 0 Å². The summed E-state index contributed by atoms with van der Waals surface area (Å²) in [5.74, 6) is 0.547. The van der Waals surface area contributed by atoms with E-state index >= 15 is 0 Å². The van der Waals surface area contributed by atoms with Gasteiger partial charge in [-0.1, -0.05) is 19.3 Å². The average molecular weight is 252 g/mol. The number of ether oxygens (including phenoxy) is 1. The van der Waals surface area contributed by atoms with E-state index in [4.69, 9.17) is 4.74 Å². The van der Waals surface area contributed by atoms with E-state index in [2.05, 4.69) is 17.1 Å². The number of nitrogens with zero attached hydrogens (tertiary/aromatic N) is 1. The molecule has 3 fully saturated rings. The van der Waals surface area contributed by atoms with Crippen LogP contribution in [0.15, 0.2) is 0 Å². The number of hydrogen-bond acceptors (Lipinski definition) is 3. The highest BCUT2D eigenvalue weighted by molar-refractivity contribution is 5.71. The molecule has 2 aliphatic heterocycles. The first-order chi connectivity index (χ1) is 8.72. The van der Waals surface area contributed by atoms with Gasteiger partial charge >= 0.3 is 6.09 Å². The van der Waals surface area contributed by atoms with E-state index in [1.54, 1.807) is 0 Å². The molecule has 18 heavy (non-hydrogen) atoms. The topological polar surface area (TPSA) is 41.6 Å². The van der Waals surface area contributed by atoms with Gasteiger partial charge in [0.1, 0.15) is 6.61 Å². The van der Waals surface area contributed by atoms with Crippen molar-refractivity contribution in [1.82, 2.24) is 10.2 Å². The summed E-state index contributed by atoms with van der Waals surface area (Å²) in [6.07, 6.45) is 7.24. The largest absolute Gasteiger partial charge is 0.447 e. The maximum atomic E-state index is 12.1. The maximum absolute atomic E-state index is 12.1. The van der Waals surface area contributed by atoms with Crippen LogP contribution in [0, 0.1) is 5.92 Å². The Labute approximate surface area is 109 Å². The Bertz CT molecular complexity index is 322. The Morgan fingerprint density at radius 1 is 1.28 bits per heavy atom. The molecule has 0 spiro atoms. The third-order valence-corrected chi connectivity index (χ3v) is 5.11. The van der Waals surface area contributed by atoms with Gasteiger partial charge in [0.15, 0.2) is 0 Å². The molecule has 0 bridgehead atoms. The zero-order valence-corrected chi connectivity index (χ0v) is 11.3. The maximum Gasteiger partial charge on any atom is 0.410 e. The molecule has 0 aromatic carbocycles. The van der Waals surface area contributed by atoms with Crippen LogP contribution in [0.25, 0.3) is 0 Å². The fourth-order valence-electron chi connectivity index (χ4n) is 3.96. The molecule has 1 amide bonds. The summed E-state index contributed by atoms with van der Waals surface area (Å²) in [7, 11) is 0. The van der Waals surface area contributed by atoms with E-state index in [0.29, 0.717) is 18.6 Å². The molecule has 2 heterocycles. The molecule has 0 aromatic rings. The van der Waals surface area contributed by atoms with E-state index in [1.165, 1.54) is 19.3 Å². The number of carbonyl (C=O) groups excluding carboxylic acids is 1. The van der Waals surface area contributed by atoms with Crippen LogP contribution < -0.4 is 5.32 Å². The lowest BCUT2D eigenvalue weighted by Crippen LogP contribution is -2.55. The van der Waals surface area contributed by atoms with E-state index < -0.39 is 0 Å². The zero-order valence-electron chi connectivity index (χ0n) is 11.3. The molecular formula is C14H24N2O2. The fraction of sp³-hybridized carbons (Fsp3) is 0.929. The molecule has 1 saturated carbocycles. The molecule has 102 valence electrons. The third kappa shape index (κ3) is 1.91. The average Bonchev–Trinajstić information content (AvgIpc) is 3.00. The summed E-state index contributed by atoms with van der Waals surface area (Å²) in [5.41, 5.74) is -0.0808. The van der Waals surface area contributed by atoms with E-state index in [1.807, 2.05) is 0 Å². The van der Waals surface area contributed by atoms with E-state index in [0.717, 1.165) is 32.4 Å². The molecule has 4 nitrogen and oxygen atoms in total. The lowest BCUT2D eigenvalue weighted by atomic mass is 9.82. The molecular weight excluding hydrogens is 228 g/mol. The predicted molar refractivity (Wildman–Crippen MR) is 69.4 cm³/mol. The Balaban J connectivity index is 1.81. The van der Waals surface area contributed by atoms with Gasteiger partial charge in [-0.15, -0.1) is 0 Å². The number of carbonyl (C=O) groups is 1. The van der Waals surface area contributed by atoms with E-state index in [9.17, 15) is 4.79 Å². The van der Waals surface area contributed by atoms with Crippen LogP contribution in [0.2, 0.25) is 0 Å². The van der Waals surface area contributed by atoms with Crippen molar-refractivity contribution in [2.75, 3.05) is 19.7 Å². The van der Waals surface area contributed by atoms with Crippen molar-refractivity contribution < 1.29 is 9.53 Å². The highest BCUT2D eigenvalue weighted by Gasteiger charge is 2.52. The molecule has 0 radical (unpaired) electrons. The number of amides is 1. The molecule has 0 aromatic heterocycles. The van der Waals surface area contributed by atoms with Crippen LogP contribution in [-0.2, 0) is 4.74 Å². The first-order valence-corrected chi connectivity index (χ1v) is 7.38. The minimum absolute atomic E-state index is 0.0729. The van der Waals surface area contributed by atoms with Crippen LogP contribution in [0.1, 0.15) is 45.4 Å². The van der Waals surface area contributed by atoms with Gasteiger partial charge in [-0.05, 0) is 38.6 Å².